The maximum atomic E-state index is 5.53. The van der Waals surface area contributed by atoms with Crippen molar-refractivity contribution in [3.63, 3.8) is 0 Å². The Labute approximate surface area is 110 Å². The number of aryl methyl sites for hydroxylation is 1. The number of fused-ring (bicyclic) bond motifs is 1. The molecule has 0 radical (unpaired) electrons. The van der Waals surface area contributed by atoms with Gasteiger partial charge in [0.05, 0.1) is 6.10 Å². The summed E-state index contributed by atoms with van der Waals surface area (Å²) in [6.45, 7) is 4.62. The average Bonchev–Trinajstić information content (AvgIpc) is 2.77. The Balaban J connectivity index is 1.69. The van der Waals surface area contributed by atoms with E-state index in [0.717, 1.165) is 6.42 Å². The number of ether oxygens (including phenoxy) is 1. The minimum atomic E-state index is 0.256. The van der Waals surface area contributed by atoms with Crippen LogP contribution in [-0.2, 0) is 11.2 Å². The van der Waals surface area contributed by atoms with Crippen molar-refractivity contribution in [3.8, 4) is 0 Å². The predicted octanol–water partition coefficient (Wildman–Crippen LogP) is 3.08. The Morgan fingerprint density at radius 3 is 2.78 bits per heavy atom. The molecular weight excluding hydrogens is 222 g/mol. The molecule has 0 aliphatic heterocycles. The van der Waals surface area contributed by atoms with Gasteiger partial charge in [-0.05, 0) is 30.4 Å². The van der Waals surface area contributed by atoms with Gasteiger partial charge >= 0.3 is 0 Å². The molecule has 3 atom stereocenters. The highest BCUT2D eigenvalue weighted by Gasteiger charge is 2.49. The molecule has 0 spiro atoms. The third kappa shape index (κ3) is 1.79. The van der Waals surface area contributed by atoms with Crippen molar-refractivity contribution >= 4 is 0 Å². The Bertz CT molecular complexity index is 440. The summed E-state index contributed by atoms with van der Waals surface area (Å²) in [5.74, 6) is 0. The van der Waals surface area contributed by atoms with Crippen LogP contribution in [0.4, 0.5) is 0 Å². The predicted molar refractivity (Wildman–Crippen MR) is 73.6 cm³/mol. The zero-order chi connectivity index (χ0) is 12.8. The second-order valence-electron chi connectivity index (χ2n) is 6.29. The minimum Gasteiger partial charge on any atom is -0.381 e. The molecule has 1 aromatic rings. The summed E-state index contributed by atoms with van der Waals surface area (Å²) in [7, 11) is 1.83. The van der Waals surface area contributed by atoms with E-state index in [2.05, 4.69) is 43.4 Å². The van der Waals surface area contributed by atoms with Crippen LogP contribution in [0.2, 0.25) is 0 Å². The van der Waals surface area contributed by atoms with E-state index in [1.807, 2.05) is 7.11 Å². The topological polar surface area (TPSA) is 21.3 Å². The van der Waals surface area contributed by atoms with E-state index in [0.29, 0.717) is 18.2 Å². The number of hydrogen-bond acceptors (Lipinski definition) is 2. The molecule has 3 unspecified atom stereocenters. The molecular formula is C16H23NO. The first-order valence-corrected chi connectivity index (χ1v) is 6.99. The summed E-state index contributed by atoms with van der Waals surface area (Å²) in [6.07, 6.45) is 4.01. The molecule has 1 N–H and O–H groups in total. The quantitative estimate of drug-likeness (QED) is 0.883. The van der Waals surface area contributed by atoms with Gasteiger partial charge in [0.1, 0.15) is 0 Å². The van der Waals surface area contributed by atoms with Gasteiger partial charge in [0.15, 0.2) is 0 Å². The average molecular weight is 245 g/mol. The smallest absolute Gasteiger partial charge is 0.0652 e. The van der Waals surface area contributed by atoms with E-state index in [1.54, 1.807) is 0 Å². The van der Waals surface area contributed by atoms with Crippen molar-refractivity contribution in [2.24, 2.45) is 5.41 Å². The first-order valence-electron chi connectivity index (χ1n) is 6.99. The number of benzene rings is 1. The summed E-state index contributed by atoms with van der Waals surface area (Å²) in [5, 5.41) is 3.85. The standard InChI is InChI=1S/C16H23NO/c1-16(2)14(10-15(16)18-3)17-13-9-8-11-6-4-5-7-12(11)13/h4-7,13-15,17H,8-10H2,1-3H3. The Morgan fingerprint density at radius 2 is 2.06 bits per heavy atom. The zero-order valence-electron chi connectivity index (χ0n) is 11.6. The van der Waals surface area contributed by atoms with Crippen molar-refractivity contribution < 1.29 is 4.74 Å². The lowest BCUT2D eigenvalue weighted by atomic mass is 9.64. The second-order valence-corrected chi connectivity index (χ2v) is 6.29. The lowest BCUT2D eigenvalue weighted by Gasteiger charge is -2.52. The van der Waals surface area contributed by atoms with Crippen molar-refractivity contribution in [1.29, 1.82) is 0 Å². The third-order valence-corrected chi connectivity index (χ3v) is 5.00. The molecule has 0 heterocycles. The van der Waals surface area contributed by atoms with Gasteiger partial charge in [-0.25, -0.2) is 0 Å². The fourth-order valence-corrected chi connectivity index (χ4v) is 3.54. The van der Waals surface area contributed by atoms with Gasteiger partial charge in [-0.1, -0.05) is 38.1 Å². The summed E-state index contributed by atoms with van der Waals surface area (Å²) >= 11 is 0. The molecule has 1 aromatic carbocycles. The molecule has 2 nitrogen and oxygen atoms in total. The van der Waals surface area contributed by atoms with Gasteiger partial charge in [0.25, 0.3) is 0 Å². The number of hydrogen-bond donors (Lipinski definition) is 1. The molecule has 18 heavy (non-hydrogen) atoms. The number of nitrogens with one attached hydrogen (secondary N) is 1. The molecule has 3 rings (SSSR count). The van der Waals surface area contributed by atoms with Crippen LogP contribution in [0, 0.1) is 5.41 Å². The fourth-order valence-electron chi connectivity index (χ4n) is 3.54. The first kappa shape index (κ1) is 12.2. The summed E-state index contributed by atoms with van der Waals surface area (Å²) in [4.78, 5) is 0. The molecule has 0 bridgehead atoms. The van der Waals surface area contributed by atoms with Crippen molar-refractivity contribution in [1.82, 2.24) is 5.32 Å². The van der Waals surface area contributed by atoms with Gasteiger partial charge in [-0.15, -0.1) is 0 Å². The van der Waals surface area contributed by atoms with E-state index in [9.17, 15) is 0 Å². The maximum absolute atomic E-state index is 5.53. The minimum absolute atomic E-state index is 0.256. The van der Waals surface area contributed by atoms with Crippen molar-refractivity contribution in [3.05, 3.63) is 35.4 Å². The lowest BCUT2D eigenvalue weighted by Crippen LogP contribution is -2.61. The molecule has 0 amide bonds. The summed E-state index contributed by atoms with van der Waals surface area (Å²) in [6, 6.07) is 9.97. The third-order valence-electron chi connectivity index (χ3n) is 5.00. The molecule has 2 aliphatic carbocycles. The van der Waals surface area contributed by atoms with Crippen LogP contribution in [0.5, 0.6) is 0 Å². The van der Waals surface area contributed by atoms with Gasteiger partial charge in [-0.2, -0.15) is 0 Å². The molecule has 0 saturated heterocycles. The summed E-state index contributed by atoms with van der Waals surface area (Å²) in [5.41, 5.74) is 3.29. The van der Waals surface area contributed by atoms with Crippen LogP contribution < -0.4 is 5.32 Å². The molecule has 1 saturated carbocycles. The van der Waals surface area contributed by atoms with Crippen LogP contribution in [0.25, 0.3) is 0 Å². The first-order chi connectivity index (χ1) is 8.63. The molecule has 2 aliphatic rings. The molecule has 1 fully saturated rings. The van der Waals surface area contributed by atoms with Gasteiger partial charge in [0.2, 0.25) is 0 Å². The fraction of sp³-hybridized carbons (Fsp3) is 0.625. The van der Waals surface area contributed by atoms with E-state index in [-0.39, 0.29) is 5.41 Å². The van der Waals surface area contributed by atoms with E-state index in [1.165, 1.54) is 24.0 Å². The van der Waals surface area contributed by atoms with Crippen LogP contribution in [0.15, 0.2) is 24.3 Å². The van der Waals surface area contributed by atoms with Crippen LogP contribution in [0.3, 0.4) is 0 Å². The second kappa shape index (κ2) is 4.36. The molecule has 98 valence electrons. The monoisotopic (exact) mass is 245 g/mol. The highest BCUT2D eigenvalue weighted by molar-refractivity contribution is 5.34. The lowest BCUT2D eigenvalue weighted by molar-refractivity contribution is -0.100. The van der Waals surface area contributed by atoms with E-state index in [4.69, 9.17) is 4.74 Å². The number of methoxy groups -OCH3 is 1. The molecule has 0 aromatic heterocycles. The van der Waals surface area contributed by atoms with Gasteiger partial charge in [0, 0.05) is 24.6 Å². The SMILES string of the molecule is COC1CC(NC2CCc3ccccc32)C1(C)C. The van der Waals surface area contributed by atoms with Crippen molar-refractivity contribution in [2.45, 2.75) is 51.3 Å². The Hall–Kier alpha value is -0.860. The van der Waals surface area contributed by atoms with Crippen LogP contribution in [0.1, 0.15) is 43.9 Å². The van der Waals surface area contributed by atoms with Gasteiger partial charge < -0.3 is 10.1 Å². The van der Waals surface area contributed by atoms with E-state index >= 15 is 0 Å². The molecule has 2 heteroatoms. The highest BCUT2D eigenvalue weighted by Crippen LogP contribution is 2.44. The van der Waals surface area contributed by atoms with Crippen LogP contribution >= 0.6 is 0 Å². The van der Waals surface area contributed by atoms with Crippen LogP contribution in [-0.4, -0.2) is 19.3 Å². The van der Waals surface area contributed by atoms with Crippen molar-refractivity contribution in [2.75, 3.05) is 7.11 Å². The summed E-state index contributed by atoms with van der Waals surface area (Å²) < 4.78 is 5.53. The zero-order valence-corrected chi connectivity index (χ0v) is 11.6. The van der Waals surface area contributed by atoms with E-state index < -0.39 is 0 Å². The Kier molecular flexibility index (Phi) is 2.95. The largest absolute Gasteiger partial charge is 0.381 e. The maximum Gasteiger partial charge on any atom is 0.0652 e. The van der Waals surface area contributed by atoms with Gasteiger partial charge in [-0.3, -0.25) is 0 Å². The highest BCUT2D eigenvalue weighted by atomic mass is 16.5. The Morgan fingerprint density at radius 1 is 1.28 bits per heavy atom. The number of rotatable bonds is 3. The normalized spacial score (nSPS) is 32.9.